The van der Waals surface area contributed by atoms with Crippen LogP contribution < -0.4 is 4.74 Å². The minimum Gasteiger partial charge on any atom is -0.481 e. The second-order valence-corrected chi connectivity index (χ2v) is 7.80. The molecule has 0 saturated carbocycles. The topological polar surface area (TPSA) is 123 Å². The Balaban J connectivity index is 1.81. The largest absolute Gasteiger partial charge is 0.481 e. The highest BCUT2D eigenvalue weighted by Gasteiger charge is 2.36. The smallest absolute Gasteiger partial charge is 0.373 e. The van der Waals surface area contributed by atoms with Gasteiger partial charge in [0, 0.05) is 10.0 Å². The Morgan fingerprint density at radius 2 is 2.03 bits per heavy atom. The molecule has 1 aliphatic rings. The molecule has 3 rings (SSSR count). The van der Waals surface area contributed by atoms with Gasteiger partial charge in [-0.2, -0.15) is 0 Å². The highest BCUT2D eigenvalue weighted by molar-refractivity contribution is 9.10. The number of halogens is 1. The number of esters is 1. The molecule has 0 aliphatic carbocycles. The van der Waals surface area contributed by atoms with Crippen LogP contribution in [0.5, 0.6) is 5.75 Å². The number of benzene rings is 1. The maximum absolute atomic E-state index is 12.7. The number of ether oxygens (including phenoxy) is 2. The zero-order valence-electron chi connectivity index (χ0n) is 15.4. The number of hydrogen-bond acceptors (Lipinski definition) is 8. The number of aliphatic carboxylic acids is 1. The summed E-state index contributed by atoms with van der Waals surface area (Å²) < 4.78 is 15.8. The van der Waals surface area contributed by atoms with Gasteiger partial charge in [-0.25, -0.2) is 9.59 Å². The molecule has 1 aromatic carbocycles. The van der Waals surface area contributed by atoms with Gasteiger partial charge in [-0.05, 0) is 48.2 Å². The molecular formula is C19H14BrNO8S. The molecular weight excluding hydrogens is 482 g/mol. The number of rotatable bonds is 7. The van der Waals surface area contributed by atoms with Crippen LogP contribution in [0.25, 0.3) is 6.08 Å². The van der Waals surface area contributed by atoms with E-state index in [9.17, 15) is 19.2 Å². The highest BCUT2D eigenvalue weighted by Crippen LogP contribution is 2.35. The van der Waals surface area contributed by atoms with E-state index < -0.39 is 29.7 Å². The molecule has 1 aromatic heterocycles. The van der Waals surface area contributed by atoms with E-state index in [-0.39, 0.29) is 28.7 Å². The van der Waals surface area contributed by atoms with Crippen LogP contribution in [0.4, 0.5) is 4.79 Å². The lowest BCUT2D eigenvalue weighted by molar-refractivity contribution is -0.139. The van der Waals surface area contributed by atoms with Crippen LogP contribution in [0.15, 0.2) is 44.1 Å². The number of furan rings is 1. The summed E-state index contributed by atoms with van der Waals surface area (Å²) in [6.07, 6.45) is 1.45. The predicted octanol–water partition coefficient (Wildman–Crippen LogP) is 3.53. The fourth-order valence-corrected chi connectivity index (χ4v) is 3.72. The highest BCUT2D eigenvalue weighted by atomic mass is 79.9. The Bertz CT molecular complexity index is 1060. The number of thioether (sulfide) groups is 1. The summed E-state index contributed by atoms with van der Waals surface area (Å²) >= 11 is 4.04. The maximum Gasteiger partial charge on any atom is 0.373 e. The first-order chi connectivity index (χ1) is 14.3. The van der Waals surface area contributed by atoms with Gasteiger partial charge in [-0.1, -0.05) is 15.9 Å². The zero-order chi connectivity index (χ0) is 21.8. The summed E-state index contributed by atoms with van der Waals surface area (Å²) in [6, 6.07) is 7.73. The third-order valence-electron chi connectivity index (χ3n) is 3.85. The Morgan fingerprint density at radius 3 is 2.73 bits per heavy atom. The molecule has 1 N–H and O–H groups in total. The first kappa shape index (κ1) is 21.7. The first-order valence-electron chi connectivity index (χ1n) is 8.35. The van der Waals surface area contributed by atoms with Gasteiger partial charge in [0.15, 0.2) is 6.61 Å². The lowest BCUT2D eigenvalue weighted by atomic mass is 10.2. The second kappa shape index (κ2) is 9.18. The van der Waals surface area contributed by atoms with Gasteiger partial charge in [0.1, 0.15) is 11.5 Å². The summed E-state index contributed by atoms with van der Waals surface area (Å²) in [4.78, 5) is 48.4. The fraction of sp³-hybridized carbons (Fsp3) is 0.158. The van der Waals surface area contributed by atoms with E-state index in [0.29, 0.717) is 10.0 Å². The van der Waals surface area contributed by atoms with Crippen LogP contribution >= 0.6 is 27.7 Å². The third kappa shape index (κ3) is 4.92. The number of methoxy groups -OCH3 is 1. The summed E-state index contributed by atoms with van der Waals surface area (Å²) in [5, 5.41) is 8.30. The SMILES string of the molecule is COC(=O)c1ccc(CN2C(=O)SC(=Cc3cc(Br)ccc3OCC(=O)O)C2=O)o1. The fourth-order valence-electron chi connectivity index (χ4n) is 2.51. The van der Waals surface area contributed by atoms with E-state index >= 15 is 0 Å². The third-order valence-corrected chi connectivity index (χ3v) is 5.25. The molecule has 2 heterocycles. The summed E-state index contributed by atoms with van der Waals surface area (Å²) in [7, 11) is 1.21. The molecule has 0 bridgehead atoms. The van der Waals surface area contributed by atoms with Crippen molar-refractivity contribution in [1.29, 1.82) is 0 Å². The Labute approximate surface area is 182 Å². The lowest BCUT2D eigenvalue weighted by Crippen LogP contribution is -2.27. The van der Waals surface area contributed by atoms with Crippen LogP contribution in [0, 0.1) is 0 Å². The molecule has 1 saturated heterocycles. The number of carboxylic acid groups (broad SMARTS) is 1. The Hall–Kier alpha value is -3.05. The van der Waals surface area contributed by atoms with Gasteiger partial charge in [0.2, 0.25) is 5.76 Å². The van der Waals surface area contributed by atoms with E-state index in [4.69, 9.17) is 14.3 Å². The number of carbonyl (C=O) groups is 4. The molecule has 2 amide bonds. The van der Waals surface area contributed by atoms with E-state index in [1.54, 1.807) is 18.2 Å². The maximum atomic E-state index is 12.7. The Kier molecular flexibility index (Phi) is 6.63. The molecule has 0 radical (unpaired) electrons. The standard InChI is InChI=1S/C19H14BrNO8S/c1-27-18(25)14-5-3-12(29-14)8-21-17(24)15(30-19(21)26)7-10-6-11(20)2-4-13(10)28-9-16(22)23/h2-7H,8-9H2,1H3,(H,22,23). The van der Waals surface area contributed by atoms with Gasteiger partial charge in [-0.3, -0.25) is 14.5 Å². The summed E-state index contributed by atoms with van der Waals surface area (Å²) in [5.74, 6) is -1.91. The molecule has 1 fully saturated rings. The number of carboxylic acids is 1. The van der Waals surface area contributed by atoms with E-state index in [2.05, 4.69) is 20.7 Å². The molecule has 2 aromatic rings. The van der Waals surface area contributed by atoms with Crippen LogP contribution in [0.1, 0.15) is 21.9 Å². The summed E-state index contributed by atoms with van der Waals surface area (Å²) in [6.45, 7) is -0.704. The monoisotopic (exact) mass is 495 g/mol. The van der Waals surface area contributed by atoms with Crippen molar-refractivity contribution in [2.24, 2.45) is 0 Å². The molecule has 0 spiro atoms. The lowest BCUT2D eigenvalue weighted by Gasteiger charge is -2.10. The van der Waals surface area contributed by atoms with Gasteiger partial charge in [0.25, 0.3) is 11.1 Å². The number of hydrogen-bond donors (Lipinski definition) is 1. The molecule has 9 nitrogen and oxygen atoms in total. The summed E-state index contributed by atoms with van der Waals surface area (Å²) in [5.41, 5.74) is 0.433. The van der Waals surface area contributed by atoms with E-state index in [1.807, 2.05) is 0 Å². The molecule has 1 aliphatic heterocycles. The van der Waals surface area contributed by atoms with Crippen LogP contribution in [-0.4, -0.2) is 46.8 Å². The van der Waals surface area contributed by atoms with Crippen molar-refractivity contribution in [2.45, 2.75) is 6.54 Å². The van der Waals surface area contributed by atoms with Crippen molar-refractivity contribution in [3.05, 3.63) is 56.8 Å². The van der Waals surface area contributed by atoms with Gasteiger partial charge in [-0.15, -0.1) is 0 Å². The van der Waals surface area contributed by atoms with E-state index in [0.717, 1.165) is 16.7 Å². The van der Waals surface area contributed by atoms with Crippen molar-refractivity contribution < 1.29 is 38.2 Å². The number of carbonyl (C=O) groups excluding carboxylic acids is 3. The number of imide groups is 1. The second-order valence-electron chi connectivity index (χ2n) is 5.89. The van der Waals surface area contributed by atoms with E-state index in [1.165, 1.54) is 25.3 Å². The van der Waals surface area contributed by atoms with Gasteiger partial charge in [0.05, 0.1) is 18.6 Å². The van der Waals surface area contributed by atoms with Crippen molar-refractivity contribution in [3.63, 3.8) is 0 Å². The molecule has 0 atom stereocenters. The van der Waals surface area contributed by atoms with Crippen LogP contribution in [0.2, 0.25) is 0 Å². The van der Waals surface area contributed by atoms with Gasteiger partial charge >= 0.3 is 11.9 Å². The predicted molar refractivity (Wildman–Crippen MR) is 109 cm³/mol. The van der Waals surface area contributed by atoms with Crippen LogP contribution in [0.3, 0.4) is 0 Å². The minimum atomic E-state index is -1.14. The molecule has 156 valence electrons. The zero-order valence-corrected chi connectivity index (χ0v) is 17.8. The minimum absolute atomic E-state index is 0.0376. The average molecular weight is 496 g/mol. The molecule has 0 unspecified atom stereocenters. The van der Waals surface area contributed by atoms with Crippen molar-refractivity contribution in [3.8, 4) is 5.75 Å². The van der Waals surface area contributed by atoms with Crippen molar-refractivity contribution in [1.82, 2.24) is 4.90 Å². The van der Waals surface area contributed by atoms with Gasteiger partial charge < -0.3 is 19.0 Å². The van der Waals surface area contributed by atoms with Crippen molar-refractivity contribution in [2.75, 3.05) is 13.7 Å². The Morgan fingerprint density at radius 1 is 1.27 bits per heavy atom. The average Bonchev–Trinajstić information content (AvgIpc) is 3.27. The van der Waals surface area contributed by atoms with Crippen molar-refractivity contribution >= 4 is 56.9 Å². The molecule has 11 heteroatoms. The number of amides is 2. The first-order valence-corrected chi connectivity index (χ1v) is 9.96. The quantitative estimate of drug-likeness (QED) is 0.453. The molecule has 30 heavy (non-hydrogen) atoms. The number of nitrogens with zero attached hydrogens (tertiary/aromatic N) is 1. The van der Waals surface area contributed by atoms with Crippen LogP contribution in [-0.2, 0) is 20.9 Å². The normalized spacial score (nSPS) is 15.0.